The Bertz CT molecular complexity index is 231. The Balaban J connectivity index is 2.52. The molecule has 0 saturated heterocycles. The zero-order chi connectivity index (χ0) is 8.97. The minimum atomic E-state index is -0.907. The summed E-state index contributed by atoms with van der Waals surface area (Å²) in [4.78, 5) is 10.2. The molecule has 0 heterocycles. The van der Waals surface area contributed by atoms with Gasteiger partial charge in [-0.25, -0.2) is 4.79 Å². The van der Waals surface area contributed by atoms with Gasteiger partial charge >= 0.3 is 5.97 Å². The van der Waals surface area contributed by atoms with E-state index in [4.69, 9.17) is 10.8 Å². The topological polar surface area (TPSA) is 63.3 Å². The molecule has 0 amide bonds. The van der Waals surface area contributed by atoms with E-state index in [2.05, 4.69) is 0 Å². The number of allylic oxidation sites excluding steroid dienone is 2. The lowest BCUT2D eigenvalue weighted by molar-refractivity contribution is -0.131. The van der Waals surface area contributed by atoms with E-state index in [1.165, 1.54) is 0 Å². The van der Waals surface area contributed by atoms with Crippen molar-refractivity contribution in [3.05, 3.63) is 23.8 Å². The third-order valence-corrected chi connectivity index (χ3v) is 1.88. The van der Waals surface area contributed by atoms with Gasteiger partial charge in [0.15, 0.2) is 0 Å². The normalized spacial score (nSPS) is 24.1. The summed E-state index contributed by atoms with van der Waals surface area (Å²) in [5.41, 5.74) is 6.75. The largest absolute Gasteiger partial charge is 0.478 e. The molecule has 1 aliphatic carbocycles. The van der Waals surface area contributed by atoms with Crippen LogP contribution in [-0.4, -0.2) is 17.1 Å². The molecular weight excluding hydrogens is 154 g/mol. The van der Waals surface area contributed by atoms with Gasteiger partial charge < -0.3 is 10.8 Å². The second-order valence-electron chi connectivity index (χ2n) is 2.99. The molecule has 12 heavy (non-hydrogen) atoms. The SMILES string of the molecule is N[C@@H]1CCC=C(/C=C/C(=O)O)C1. The average Bonchev–Trinajstić information content (AvgIpc) is 2.01. The molecule has 0 saturated carbocycles. The van der Waals surface area contributed by atoms with Gasteiger partial charge in [0.2, 0.25) is 0 Å². The first-order valence-electron chi connectivity index (χ1n) is 4.04. The Hall–Kier alpha value is -1.09. The molecular formula is C9H13NO2. The Kier molecular flexibility index (Phi) is 3.05. The maximum Gasteiger partial charge on any atom is 0.328 e. The fourth-order valence-electron chi connectivity index (χ4n) is 1.29. The number of carboxylic acid groups (broad SMARTS) is 1. The van der Waals surface area contributed by atoms with E-state index >= 15 is 0 Å². The zero-order valence-electron chi connectivity index (χ0n) is 6.86. The van der Waals surface area contributed by atoms with Gasteiger partial charge in [-0.3, -0.25) is 0 Å². The standard InChI is InChI=1S/C9H13NO2/c10-8-3-1-2-7(6-8)4-5-9(11)12/h2,4-5,8H,1,3,6,10H2,(H,11,12)/b5-4+/t8-/m1/s1. The second kappa shape index (κ2) is 4.07. The van der Waals surface area contributed by atoms with Crippen molar-refractivity contribution in [2.24, 2.45) is 5.73 Å². The first-order valence-corrected chi connectivity index (χ1v) is 4.04. The fraction of sp³-hybridized carbons (Fsp3) is 0.444. The lowest BCUT2D eigenvalue weighted by Crippen LogP contribution is -2.22. The molecule has 0 aromatic heterocycles. The second-order valence-corrected chi connectivity index (χ2v) is 2.99. The van der Waals surface area contributed by atoms with Crippen LogP contribution in [0.3, 0.4) is 0 Å². The van der Waals surface area contributed by atoms with Crippen molar-refractivity contribution in [1.29, 1.82) is 0 Å². The van der Waals surface area contributed by atoms with E-state index in [1.54, 1.807) is 6.08 Å². The summed E-state index contributed by atoms with van der Waals surface area (Å²) >= 11 is 0. The van der Waals surface area contributed by atoms with Gasteiger partial charge in [-0.15, -0.1) is 0 Å². The minimum Gasteiger partial charge on any atom is -0.478 e. The van der Waals surface area contributed by atoms with Gasteiger partial charge in [-0.05, 0) is 19.3 Å². The number of carbonyl (C=O) groups is 1. The number of hydrogen-bond donors (Lipinski definition) is 2. The third-order valence-electron chi connectivity index (χ3n) is 1.88. The molecule has 0 aliphatic heterocycles. The first-order chi connectivity index (χ1) is 5.68. The first kappa shape index (κ1) is 9.00. The van der Waals surface area contributed by atoms with Crippen molar-refractivity contribution in [3.63, 3.8) is 0 Å². The molecule has 1 rings (SSSR count). The lowest BCUT2D eigenvalue weighted by Gasteiger charge is -2.16. The highest BCUT2D eigenvalue weighted by Gasteiger charge is 2.08. The van der Waals surface area contributed by atoms with Crippen LogP contribution in [0.15, 0.2) is 23.8 Å². The van der Waals surface area contributed by atoms with Crippen molar-refractivity contribution in [1.82, 2.24) is 0 Å². The number of hydrogen-bond acceptors (Lipinski definition) is 2. The van der Waals surface area contributed by atoms with Crippen LogP contribution >= 0.6 is 0 Å². The maximum absolute atomic E-state index is 10.2. The Morgan fingerprint density at radius 1 is 1.75 bits per heavy atom. The van der Waals surface area contributed by atoms with Gasteiger partial charge in [0.1, 0.15) is 0 Å². The highest BCUT2D eigenvalue weighted by Crippen LogP contribution is 2.17. The van der Waals surface area contributed by atoms with Crippen molar-refractivity contribution >= 4 is 5.97 Å². The molecule has 1 aliphatic rings. The Labute approximate surface area is 71.6 Å². The molecule has 0 aromatic rings. The molecule has 3 nitrogen and oxygen atoms in total. The average molecular weight is 167 g/mol. The third kappa shape index (κ3) is 2.88. The molecule has 3 heteroatoms. The minimum absolute atomic E-state index is 0.198. The van der Waals surface area contributed by atoms with Crippen LogP contribution in [-0.2, 0) is 4.79 Å². The summed E-state index contributed by atoms with van der Waals surface area (Å²) in [6.45, 7) is 0. The van der Waals surface area contributed by atoms with Crippen LogP contribution in [0.25, 0.3) is 0 Å². The van der Waals surface area contributed by atoms with E-state index in [0.717, 1.165) is 30.9 Å². The lowest BCUT2D eigenvalue weighted by atomic mass is 9.95. The van der Waals surface area contributed by atoms with Crippen LogP contribution in [0.5, 0.6) is 0 Å². The highest BCUT2D eigenvalue weighted by molar-refractivity contribution is 5.80. The molecule has 3 N–H and O–H groups in total. The van der Waals surface area contributed by atoms with Gasteiger partial charge in [-0.1, -0.05) is 17.7 Å². The number of carboxylic acids is 1. The molecule has 1 atom stereocenters. The molecule has 0 radical (unpaired) electrons. The molecule has 0 aromatic carbocycles. The number of nitrogens with two attached hydrogens (primary N) is 1. The Morgan fingerprint density at radius 2 is 2.50 bits per heavy atom. The van der Waals surface area contributed by atoms with Gasteiger partial charge in [0, 0.05) is 12.1 Å². The van der Waals surface area contributed by atoms with E-state index < -0.39 is 5.97 Å². The maximum atomic E-state index is 10.2. The van der Waals surface area contributed by atoms with Gasteiger partial charge in [0.05, 0.1) is 0 Å². The van der Waals surface area contributed by atoms with Crippen LogP contribution in [0, 0.1) is 0 Å². The van der Waals surface area contributed by atoms with Crippen molar-refractivity contribution in [2.45, 2.75) is 25.3 Å². The van der Waals surface area contributed by atoms with E-state index in [9.17, 15) is 4.79 Å². The predicted molar refractivity (Wildman–Crippen MR) is 46.7 cm³/mol. The van der Waals surface area contributed by atoms with Crippen molar-refractivity contribution in [3.8, 4) is 0 Å². The summed E-state index contributed by atoms with van der Waals surface area (Å²) < 4.78 is 0. The van der Waals surface area contributed by atoms with E-state index in [1.807, 2.05) is 6.08 Å². The van der Waals surface area contributed by atoms with E-state index in [-0.39, 0.29) is 6.04 Å². The Morgan fingerprint density at radius 3 is 3.08 bits per heavy atom. The molecule has 0 unspecified atom stereocenters. The van der Waals surface area contributed by atoms with Crippen molar-refractivity contribution in [2.75, 3.05) is 0 Å². The van der Waals surface area contributed by atoms with Crippen LogP contribution in [0.2, 0.25) is 0 Å². The number of aliphatic carboxylic acids is 1. The summed E-state index contributed by atoms with van der Waals surface area (Å²) in [5, 5.41) is 8.36. The molecule has 0 bridgehead atoms. The van der Waals surface area contributed by atoms with Crippen LogP contribution in [0.1, 0.15) is 19.3 Å². The summed E-state index contributed by atoms with van der Waals surface area (Å²) in [5.74, 6) is -0.907. The smallest absolute Gasteiger partial charge is 0.328 e. The predicted octanol–water partition coefficient (Wildman–Crippen LogP) is 1.06. The quantitative estimate of drug-likeness (QED) is 0.604. The van der Waals surface area contributed by atoms with Crippen molar-refractivity contribution < 1.29 is 9.90 Å². The van der Waals surface area contributed by atoms with Crippen LogP contribution in [0.4, 0.5) is 0 Å². The summed E-state index contributed by atoms with van der Waals surface area (Å²) in [7, 11) is 0. The summed E-state index contributed by atoms with van der Waals surface area (Å²) in [6.07, 6.45) is 7.59. The molecule has 0 fully saturated rings. The fourth-order valence-corrected chi connectivity index (χ4v) is 1.29. The highest BCUT2D eigenvalue weighted by atomic mass is 16.4. The van der Waals surface area contributed by atoms with E-state index in [0.29, 0.717) is 0 Å². The molecule has 66 valence electrons. The zero-order valence-corrected chi connectivity index (χ0v) is 6.86. The summed E-state index contributed by atoms with van der Waals surface area (Å²) in [6, 6.07) is 0.198. The van der Waals surface area contributed by atoms with Gasteiger partial charge in [0.25, 0.3) is 0 Å². The molecule has 0 spiro atoms. The van der Waals surface area contributed by atoms with Crippen LogP contribution < -0.4 is 5.73 Å². The number of rotatable bonds is 2. The van der Waals surface area contributed by atoms with Gasteiger partial charge in [-0.2, -0.15) is 0 Å². The monoisotopic (exact) mass is 167 g/mol.